The van der Waals surface area contributed by atoms with Gasteiger partial charge in [0.15, 0.2) is 0 Å². The van der Waals surface area contributed by atoms with Crippen molar-refractivity contribution in [3.63, 3.8) is 0 Å². The fourth-order valence-corrected chi connectivity index (χ4v) is 1.89. The zero-order chi connectivity index (χ0) is 12.9. The van der Waals surface area contributed by atoms with Crippen LogP contribution in [0.25, 0.3) is 0 Å². The lowest BCUT2D eigenvalue weighted by Gasteiger charge is -2.31. The highest BCUT2D eigenvalue weighted by Gasteiger charge is 2.29. The molecule has 0 fully saturated rings. The predicted molar refractivity (Wildman–Crippen MR) is 69.5 cm³/mol. The minimum absolute atomic E-state index is 0.245. The number of aliphatic hydroxyl groups excluding tert-OH is 1. The number of allylic oxidation sites excluding steroid dienone is 1. The third-order valence-corrected chi connectivity index (χ3v) is 3.31. The van der Waals surface area contributed by atoms with Gasteiger partial charge in [-0.15, -0.1) is 6.58 Å². The Morgan fingerprint density at radius 1 is 1.35 bits per heavy atom. The summed E-state index contributed by atoms with van der Waals surface area (Å²) in [5.74, 6) is -0.245. The van der Waals surface area contributed by atoms with Gasteiger partial charge >= 0.3 is 0 Å². The van der Waals surface area contributed by atoms with Crippen LogP contribution in [0.1, 0.15) is 38.7 Å². The first-order valence-corrected chi connectivity index (χ1v) is 6.03. The van der Waals surface area contributed by atoms with Gasteiger partial charge in [-0.1, -0.05) is 32.1 Å². The van der Waals surface area contributed by atoms with Crippen LogP contribution in [-0.2, 0) is 5.41 Å². The molecule has 1 aromatic carbocycles. The molecule has 1 N–H and O–H groups in total. The number of rotatable bonds is 6. The van der Waals surface area contributed by atoms with Gasteiger partial charge < -0.3 is 5.11 Å². The van der Waals surface area contributed by atoms with Crippen molar-refractivity contribution in [1.29, 1.82) is 0 Å². The van der Waals surface area contributed by atoms with Crippen LogP contribution < -0.4 is 0 Å². The lowest BCUT2D eigenvalue weighted by Crippen LogP contribution is -2.33. The van der Waals surface area contributed by atoms with Crippen LogP contribution in [0.15, 0.2) is 36.9 Å². The molecular weight excluding hydrogens is 215 g/mol. The van der Waals surface area contributed by atoms with Gasteiger partial charge in [-0.05, 0) is 37.0 Å². The molecule has 1 rings (SSSR count). The Bertz CT molecular complexity index is 354. The van der Waals surface area contributed by atoms with Crippen molar-refractivity contribution < 1.29 is 9.50 Å². The zero-order valence-electron chi connectivity index (χ0n) is 10.6. The first-order valence-electron chi connectivity index (χ1n) is 6.03. The van der Waals surface area contributed by atoms with Gasteiger partial charge in [0.05, 0.1) is 6.10 Å². The van der Waals surface area contributed by atoms with Crippen LogP contribution >= 0.6 is 0 Å². The molecule has 94 valence electrons. The molecule has 2 heteroatoms. The lowest BCUT2D eigenvalue weighted by molar-refractivity contribution is 0.0894. The molecular formula is C15H21FO. The van der Waals surface area contributed by atoms with E-state index in [1.54, 1.807) is 12.1 Å². The van der Waals surface area contributed by atoms with E-state index in [1.165, 1.54) is 12.1 Å². The molecule has 0 aliphatic heterocycles. The van der Waals surface area contributed by atoms with Gasteiger partial charge in [-0.3, -0.25) is 0 Å². The first-order chi connectivity index (χ1) is 7.98. The van der Waals surface area contributed by atoms with E-state index in [0.29, 0.717) is 0 Å². The molecule has 0 bridgehead atoms. The summed E-state index contributed by atoms with van der Waals surface area (Å²) < 4.78 is 12.9. The van der Waals surface area contributed by atoms with Gasteiger partial charge in [-0.2, -0.15) is 0 Å². The average molecular weight is 236 g/mol. The molecule has 0 saturated carbocycles. The van der Waals surface area contributed by atoms with Gasteiger partial charge in [0.25, 0.3) is 0 Å². The molecule has 0 saturated heterocycles. The highest BCUT2D eigenvalue weighted by atomic mass is 19.1. The molecule has 0 heterocycles. The Hall–Kier alpha value is -1.15. The highest BCUT2D eigenvalue weighted by Crippen LogP contribution is 2.29. The number of unbranched alkanes of at least 4 members (excludes halogenated alkanes) is 1. The maximum absolute atomic E-state index is 12.9. The van der Waals surface area contributed by atoms with E-state index in [4.69, 9.17) is 0 Å². The van der Waals surface area contributed by atoms with Crippen LogP contribution in [0.5, 0.6) is 0 Å². The molecule has 1 nitrogen and oxygen atoms in total. The van der Waals surface area contributed by atoms with Crippen molar-refractivity contribution >= 4 is 0 Å². The van der Waals surface area contributed by atoms with Crippen molar-refractivity contribution in [2.24, 2.45) is 0 Å². The summed E-state index contributed by atoms with van der Waals surface area (Å²) in [7, 11) is 0. The van der Waals surface area contributed by atoms with E-state index >= 15 is 0 Å². The quantitative estimate of drug-likeness (QED) is 0.588. The number of aliphatic hydroxyl groups is 1. The number of hydrogen-bond acceptors (Lipinski definition) is 1. The SMILES string of the molecule is C=CCCCC(O)C(C)(C)c1ccc(F)cc1. The second-order valence-electron chi connectivity index (χ2n) is 4.96. The molecule has 0 aromatic heterocycles. The van der Waals surface area contributed by atoms with Crippen LogP contribution in [0.3, 0.4) is 0 Å². The van der Waals surface area contributed by atoms with Crippen molar-refractivity contribution in [2.75, 3.05) is 0 Å². The second-order valence-corrected chi connectivity index (χ2v) is 4.96. The second kappa shape index (κ2) is 5.97. The van der Waals surface area contributed by atoms with Crippen molar-refractivity contribution in [2.45, 2.75) is 44.6 Å². The predicted octanol–water partition coefficient (Wildman–Crippen LogP) is 3.82. The summed E-state index contributed by atoms with van der Waals surface area (Å²) in [6.07, 6.45) is 4.01. The molecule has 0 radical (unpaired) electrons. The van der Waals surface area contributed by atoms with Crippen LogP contribution in [-0.4, -0.2) is 11.2 Å². The molecule has 0 amide bonds. The third kappa shape index (κ3) is 3.67. The number of benzene rings is 1. The van der Waals surface area contributed by atoms with Gasteiger partial charge in [0.1, 0.15) is 5.82 Å². The summed E-state index contributed by atoms with van der Waals surface area (Å²) in [4.78, 5) is 0. The van der Waals surface area contributed by atoms with E-state index in [0.717, 1.165) is 24.8 Å². The Balaban J connectivity index is 2.71. The van der Waals surface area contributed by atoms with E-state index < -0.39 is 6.10 Å². The minimum Gasteiger partial charge on any atom is -0.392 e. The summed E-state index contributed by atoms with van der Waals surface area (Å²) in [6, 6.07) is 6.36. The topological polar surface area (TPSA) is 20.2 Å². The van der Waals surface area contributed by atoms with E-state index in [-0.39, 0.29) is 11.2 Å². The van der Waals surface area contributed by atoms with Gasteiger partial charge in [-0.25, -0.2) is 4.39 Å². The zero-order valence-corrected chi connectivity index (χ0v) is 10.6. The summed E-state index contributed by atoms with van der Waals surface area (Å²) in [5.41, 5.74) is 0.611. The Kier molecular flexibility index (Phi) is 4.88. The monoisotopic (exact) mass is 236 g/mol. The van der Waals surface area contributed by atoms with Crippen LogP contribution in [0.2, 0.25) is 0 Å². The summed E-state index contributed by atoms with van der Waals surface area (Å²) in [6.45, 7) is 7.63. The van der Waals surface area contributed by atoms with Gasteiger partial charge in [0.2, 0.25) is 0 Å². The maximum atomic E-state index is 12.9. The molecule has 1 aromatic rings. The third-order valence-electron chi connectivity index (χ3n) is 3.31. The van der Waals surface area contributed by atoms with E-state index in [2.05, 4.69) is 6.58 Å². The Labute approximate surface area is 103 Å². The van der Waals surface area contributed by atoms with Crippen molar-refractivity contribution in [3.8, 4) is 0 Å². The van der Waals surface area contributed by atoms with E-state index in [9.17, 15) is 9.50 Å². The van der Waals surface area contributed by atoms with Crippen molar-refractivity contribution in [1.82, 2.24) is 0 Å². The van der Waals surface area contributed by atoms with Crippen LogP contribution in [0, 0.1) is 5.82 Å². The van der Waals surface area contributed by atoms with Crippen LogP contribution in [0.4, 0.5) is 4.39 Å². The molecule has 0 aliphatic rings. The normalized spacial score (nSPS) is 13.4. The largest absolute Gasteiger partial charge is 0.392 e. The molecule has 1 atom stereocenters. The Morgan fingerprint density at radius 2 is 1.94 bits per heavy atom. The number of halogens is 1. The first kappa shape index (κ1) is 13.9. The number of hydrogen-bond donors (Lipinski definition) is 1. The maximum Gasteiger partial charge on any atom is 0.123 e. The fourth-order valence-electron chi connectivity index (χ4n) is 1.89. The smallest absolute Gasteiger partial charge is 0.123 e. The molecule has 1 unspecified atom stereocenters. The standard InChI is InChI=1S/C15H21FO/c1-4-5-6-7-14(17)15(2,3)12-8-10-13(16)11-9-12/h4,8-11,14,17H,1,5-7H2,2-3H3. The molecule has 17 heavy (non-hydrogen) atoms. The summed E-state index contributed by atoms with van der Waals surface area (Å²) in [5, 5.41) is 10.2. The average Bonchev–Trinajstić information content (AvgIpc) is 2.29. The van der Waals surface area contributed by atoms with E-state index in [1.807, 2.05) is 19.9 Å². The molecule has 0 spiro atoms. The lowest BCUT2D eigenvalue weighted by atomic mass is 9.77. The van der Waals surface area contributed by atoms with Crippen molar-refractivity contribution in [3.05, 3.63) is 48.3 Å². The molecule has 0 aliphatic carbocycles. The fraction of sp³-hybridized carbons (Fsp3) is 0.467. The minimum atomic E-state index is -0.423. The van der Waals surface area contributed by atoms with Gasteiger partial charge in [0, 0.05) is 5.41 Å². The Morgan fingerprint density at radius 3 is 2.47 bits per heavy atom. The summed E-state index contributed by atoms with van der Waals surface area (Å²) >= 11 is 0. The highest BCUT2D eigenvalue weighted by molar-refractivity contribution is 5.25.